The maximum atomic E-state index is 12.3. The molecule has 18 heavy (non-hydrogen) atoms. The Labute approximate surface area is 117 Å². The van der Waals surface area contributed by atoms with Crippen molar-refractivity contribution in [3.05, 3.63) is 28.7 Å². The summed E-state index contributed by atoms with van der Waals surface area (Å²) < 4.78 is 28.2. The summed E-state index contributed by atoms with van der Waals surface area (Å²) in [6.07, 6.45) is 3.07. The first-order valence-electron chi connectivity index (χ1n) is 6.09. The van der Waals surface area contributed by atoms with E-state index in [2.05, 4.69) is 34.5 Å². The van der Waals surface area contributed by atoms with Crippen molar-refractivity contribution in [2.24, 2.45) is 5.41 Å². The van der Waals surface area contributed by atoms with Crippen molar-refractivity contribution in [1.82, 2.24) is 4.72 Å². The van der Waals surface area contributed by atoms with Crippen molar-refractivity contribution in [2.45, 2.75) is 44.0 Å². The van der Waals surface area contributed by atoms with Crippen LogP contribution in [0.3, 0.4) is 0 Å². The molecule has 0 saturated heterocycles. The molecular formula is C13H18BrNO2S. The van der Waals surface area contributed by atoms with E-state index in [-0.39, 0.29) is 11.5 Å². The minimum atomic E-state index is -3.42. The average molecular weight is 332 g/mol. The van der Waals surface area contributed by atoms with Gasteiger partial charge in [0.25, 0.3) is 0 Å². The zero-order chi connectivity index (χ0) is 13.4. The molecule has 1 saturated carbocycles. The Bertz CT molecular complexity index is 540. The van der Waals surface area contributed by atoms with Gasteiger partial charge in [-0.2, -0.15) is 0 Å². The van der Waals surface area contributed by atoms with Gasteiger partial charge in [0.2, 0.25) is 10.0 Å². The first-order chi connectivity index (χ1) is 8.31. The first kappa shape index (κ1) is 14.0. The highest BCUT2D eigenvalue weighted by Gasteiger charge is 2.37. The normalized spacial score (nSPS) is 23.2. The summed E-state index contributed by atoms with van der Waals surface area (Å²) in [4.78, 5) is 0.319. The zero-order valence-corrected chi connectivity index (χ0v) is 13.0. The molecular weight excluding hydrogens is 314 g/mol. The van der Waals surface area contributed by atoms with Crippen molar-refractivity contribution in [3.8, 4) is 0 Å². The van der Waals surface area contributed by atoms with Crippen LogP contribution in [0.5, 0.6) is 0 Å². The Morgan fingerprint density at radius 1 is 1.39 bits per heavy atom. The maximum absolute atomic E-state index is 12.3. The molecule has 1 N–H and O–H groups in total. The number of nitrogens with one attached hydrogen (secondary N) is 1. The molecule has 0 aliphatic heterocycles. The van der Waals surface area contributed by atoms with E-state index < -0.39 is 10.0 Å². The molecule has 1 aliphatic carbocycles. The van der Waals surface area contributed by atoms with E-state index in [4.69, 9.17) is 0 Å². The lowest BCUT2D eigenvalue weighted by atomic mass is 9.88. The van der Waals surface area contributed by atoms with Gasteiger partial charge < -0.3 is 0 Å². The van der Waals surface area contributed by atoms with Crippen LogP contribution in [0.2, 0.25) is 0 Å². The third-order valence-electron chi connectivity index (χ3n) is 3.66. The Balaban J connectivity index is 2.23. The highest BCUT2D eigenvalue weighted by atomic mass is 79.9. The smallest absolute Gasteiger partial charge is 0.208 e. The average Bonchev–Trinajstić information content (AvgIpc) is 2.58. The van der Waals surface area contributed by atoms with Gasteiger partial charge in [0.15, 0.2) is 0 Å². The molecule has 1 unspecified atom stereocenters. The maximum Gasteiger partial charge on any atom is 0.240 e. The lowest BCUT2D eigenvalue weighted by Crippen LogP contribution is -2.41. The van der Waals surface area contributed by atoms with Gasteiger partial charge in [0, 0.05) is 10.5 Å². The van der Waals surface area contributed by atoms with Crippen LogP contribution in [0.4, 0.5) is 0 Å². The second-order valence-electron chi connectivity index (χ2n) is 5.51. The number of halogens is 1. The van der Waals surface area contributed by atoms with Crippen LogP contribution >= 0.6 is 15.9 Å². The molecule has 1 fully saturated rings. The molecule has 1 atom stereocenters. The Morgan fingerprint density at radius 3 is 2.67 bits per heavy atom. The van der Waals surface area contributed by atoms with E-state index in [0.29, 0.717) is 4.90 Å². The van der Waals surface area contributed by atoms with Gasteiger partial charge in [-0.3, -0.25) is 0 Å². The van der Waals surface area contributed by atoms with Crippen LogP contribution in [-0.2, 0) is 10.0 Å². The predicted molar refractivity (Wildman–Crippen MR) is 75.9 cm³/mol. The molecule has 0 spiro atoms. The third-order valence-corrected chi connectivity index (χ3v) is 5.62. The molecule has 5 heteroatoms. The van der Waals surface area contributed by atoms with Crippen LogP contribution < -0.4 is 4.72 Å². The van der Waals surface area contributed by atoms with E-state index >= 15 is 0 Å². The highest BCUT2D eigenvalue weighted by molar-refractivity contribution is 9.10. The molecule has 3 nitrogen and oxygen atoms in total. The van der Waals surface area contributed by atoms with Gasteiger partial charge in [0.1, 0.15) is 0 Å². The van der Waals surface area contributed by atoms with Crippen LogP contribution in [0.25, 0.3) is 0 Å². The minimum Gasteiger partial charge on any atom is -0.208 e. The van der Waals surface area contributed by atoms with Crippen molar-refractivity contribution < 1.29 is 8.42 Å². The van der Waals surface area contributed by atoms with Gasteiger partial charge in [-0.15, -0.1) is 0 Å². The van der Waals surface area contributed by atoms with Gasteiger partial charge in [-0.05, 0) is 36.5 Å². The summed E-state index contributed by atoms with van der Waals surface area (Å²) in [6, 6.07) is 6.83. The summed E-state index contributed by atoms with van der Waals surface area (Å²) in [5, 5.41) is 0. The van der Waals surface area contributed by atoms with Crippen LogP contribution in [-0.4, -0.2) is 14.5 Å². The van der Waals surface area contributed by atoms with E-state index in [9.17, 15) is 8.42 Å². The van der Waals surface area contributed by atoms with E-state index in [1.807, 2.05) is 6.07 Å². The van der Waals surface area contributed by atoms with Crippen molar-refractivity contribution in [3.63, 3.8) is 0 Å². The third kappa shape index (κ3) is 2.95. The van der Waals surface area contributed by atoms with Gasteiger partial charge in [0.05, 0.1) is 4.90 Å². The number of hydrogen-bond donors (Lipinski definition) is 1. The molecule has 2 rings (SSSR count). The second kappa shape index (κ2) is 4.94. The fraction of sp³-hybridized carbons (Fsp3) is 0.538. The molecule has 0 bridgehead atoms. The highest BCUT2D eigenvalue weighted by Crippen LogP contribution is 2.37. The van der Waals surface area contributed by atoms with Gasteiger partial charge in [-0.1, -0.05) is 42.3 Å². The fourth-order valence-corrected chi connectivity index (χ4v) is 4.47. The van der Waals surface area contributed by atoms with Gasteiger partial charge >= 0.3 is 0 Å². The first-order valence-corrected chi connectivity index (χ1v) is 8.37. The van der Waals surface area contributed by atoms with Gasteiger partial charge in [-0.25, -0.2) is 13.1 Å². The topological polar surface area (TPSA) is 46.2 Å². The molecule has 0 heterocycles. The molecule has 0 radical (unpaired) electrons. The molecule has 100 valence electrons. The Hall–Kier alpha value is -0.390. The van der Waals surface area contributed by atoms with Crippen LogP contribution in [0, 0.1) is 5.41 Å². The summed E-state index contributed by atoms with van der Waals surface area (Å²) in [6.45, 7) is 4.24. The standard InChI is InChI=1S/C13H18BrNO2S/c1-13(2)8-4-7-12(13)15-18(16,17)11-6-3-5-10(14)9-11/h3,5-6,9,12,15H,4,7-8H2,1-2H3. The lowest BCUT2D eigenvalue weighted by Gasteiger charge is -2.27. The predicted octanol–water partition coefficient (Wildman–Crippen LogP) is 3.31. The van der Waals surface area contributed by atoms with Crippen molar-refractivity contribution in [1.29, 1.82) is 0 Å². The van der Waals surface area contributed by atoms with E-state index in [0.717, 1.165) is 23.7 Å². The minimum absolute atomic E-state index is 0.0291. The largest absolute Gasteiger partial charge is 0.240 e. The van der Waals surface area contributed by atoms with Crippen molar-refractivity contribution >= 4 is 26.0 Å². The Kier molecular flexibility index (Phi) is 3.85. The summed E-state index contributed by atoms with van der Waals surface area (Å²) in [5.74, 6) is 0. The van der Waals surface area contributed by atoms with E-state index in [1.54, 1.807) is 18.2 Å². The Morgan fingerprint density at radius 2 is 2.11 bits per heavy atom. The fourth-order valence-electron chi connectivity index (χ4n) is 2.43. The molecule has 1 aromatic rings. The van der Waals surface area contributed by atoms with Crippen LogP contribution in [0.1, 0.15) is 33.1 Å². The number of benzene rings is 1. The lowest BCUT2D eigenvalue weighted by molar-refractivity contribution is 0.313. The zero-order valence-electron chi connectivity index (χ0n) is 10.6. The molecule has 1 aromatic carbocycles. The number of hydrogen-bond acceptors (Lipinski definition) is 2. The summed E-state index contributed by atoms with van der Waals surface area (Å²) in [7, 11) is -3.42. The number of rotatable bonds is 3. The summed E-state index contributed by atoms with van der Waals surface area (Å²) in [5.41, 5.74) is 0.0408. The van der Waals surface area contributed by atoms with Crippen molar-refractivity contribution in [2.75, 3.05) is 0 Å². The number of sulfonamides is 1. The monoisotopic (exact) mass is 331 g/mol. The van der Waals surface area contributed by atoms with Crippen LogP contribution in [0.15, 0.2) is 33.6 Å². The molecule has 1 aliphatic rings. The van der Waals surface area contributed by atoms with E-state index in [1.165, 1.54) is 0 Å². The quantitative estimate of drug-likeness (QED) is 0.923. The SMILES string of the molecule is CC1(C)CCCC1NS(=O)(=O)c1cccc(Br)c1. The molecule has 0 aromatic heterocycles. The molecule has 0 amide bonds. The second-order valence-corrected chi connectivity index (χ2v) is 8.14. The summed E-state index contributed by atoms with van der Waals surface area (Å²) >= 11 is 3.30.